The van der Waals surface area contributed by atoms with Crippen molar-refractivity contribution in [3.63, 3.8) is 0 Å². The second-order valence-corrected chi connectivity index (χ2v) is 6.67. The van der Waals surface area contributed by atoms with Crippen LogP contribution in [0.4, 0.5) is 14.6 Å². The summed E-state index contributed by atoms with van der Waals surface area (Å²) in [6.07, 6.45) is 0. The largest absolute Gasteiger partial charge is 0.363 e. The SMILES string of the molecule is Cc1nc2sc3c(NCc4ccc(F)cc4)n[nH]c3c2c(C)c1F. The van der Waals surface area contributed by atoms with Crippen molar-refractivity contribution >= 4 is 37.6 Å². The number of fused-ring (bicyclic) bond motifs is 3. The number of nitrogens with one attached hydrogen (secondary N) is 2. The first-order valence-corrected chi connectivity index (χ1v) is 8.28. The number of nitrogens with zero attached hydrogens (tertiary/aromatic N) is 2. The number of rotatable bonds is 3. The van der Waals surface area contributed by atoms with Gasteiger partial charge < -0.3 is 5.32 Å². The number of halogens is 2. The van der Waals surface area contributed by atoms with Crippen LogP contribution in [-0.2, 0) is 6.54 Å². The van der Waals surface area contributed by atoms with Crippen molar-refractivity contribution in [2.75, 3.05) is 5.32 Å². The van der Waals surface area contributed by atoms with Crippen LogP contribution < -0.4 is 5.32 Å². The van der Waals surface area contributed by atoms with Gasteiger partial charge in [0.1, 0.15) is 16.5 Å². The van der Waals surface area contributed by atoms with Crippen LogP contribution in [0.25, 0.3) is 20.4 Å². The van der Waals surface area contributed by atoms with Crippen LogP contribution in [0.15, 0.2) is 24.3 Å². The average Bonchev–Trinajstić information content (AvgIpc) is 3.11. The quantitative estimate of drug-likeness (QED) is 0.567. The van der Waals surface area contributed by atoms with Gasteiger partial charge in [-0.25, -0.2) is 13.8 Å². The normalized spacial score (nSPS) is 11.5. The number of anilines is 1. The molecule has 0 aliphatic heterocycles. The number of H-pyrrole nitrogens is 1. The Morgan fingerprint density at radius 3 is 2.67 bits per heavy atom. The first-order valence-electron chi connectivity index (χ1n) is 7.46. The summed E-state index contributed by atoms with van der Waals surface area (Å²) in [5.41, 5.74) is 2.72. The van der Waals surface area contributed by atoms with Gasteiger partial charge in [0.2, 0.25) is 0 Å². The fourth-order valence-corrected chi connectivity index (χ4v) is 3.97. The van der Waals surface area contributed by atoms with E-state index in [4.69, 9.17) is 0 Å². The molecule has 0 unspecified atom stereocenters. The lowest BCUT2D eigenvalue weighted by atomic mass is 10.1. The van der Waals surface area contributed by atoms with E-state index in [0.717, 1.165) is 26.0 Å². The van der Waals surface area contributed by atoms with E-state index in [9.17, 15) is 8.78 Å². The number of aromatic nitrogens is 3. The van der Waals surface area contributed by atoms with Crippen molar-refractivity contribution in [3.05, 3.63) is 52.7 Å². The Morgan fingerprint density at radius 1 is 1.17 bits per heavy atom. The first-order chi connectivity index (χ1) is 11.5. The second kappa shape index (κ2) is 5.52. The van der Waals surface area contributed by atoms with Crippen molar-refractivity contribution in [1.82, 2.24) is 15.2 Å². The smallest absolute Gasteiger partial charge is 0.166 e. The third-order valence-corrected chi connectivity index (χ3v) is 5.14. The van der Waals surface area contributed by atoms with Crippen LogP contribution in [-0.4, -0.2) is 15.2 Å². The maximum Gasteiger partial charge on any atom is 0.166 e. The van der Waals surface area contributed by atoms with Gasteiger partial charge in [-0.15, -0.1) is 11.3 Å². The van der Waals surface area contributed by atoms with Crippen molar-refractivity contribution in [3.8, 4) is 0 Å². The van der Waals surface area contributed by atoms with Gasteiger partial charge in [-0.1, -0.05) is 12.1 Å². The molecule has 4 nitrogen and oxygen atoms in total. The van der Waals surface area contributed by atoms with Gasteiger partial charge in [0.15, 0.2) is 5.82 Å². The maximum absolute atomic E-state index is 14.1. The fraction of sp³-hybridized carbons (Fsp3) is 0.176. The lowest BCUT2D eigenvalue weighted by molar-refractivity contribution is 0.604. The van der Waals surface area contributed by atoms with Crippen LogP contribution in [0.3, 0.4) is 0 Å². The molecular formula is C17H14F2N4S. The lowest BCUT2D eigenvalue weighted by Crippen LogP contribution is -1.99. The van der Waals surface area contributed by atoms with Crippen molar-refractivity contribution in [1.29, 1.82) is 0 Å². The number of aryl methyl sites for hydroxylation is 2. The predicted octanol–water partition coefficient (Wildman–Crippen LogP) is 4.68. The molecule has 0 fully saturated rings. The zero-order chi connectivity index (χ0) is 16.8. The highest BCUT2D eigenvalue weighted by molar-refractivity contribution is 7.26. The Labute approximate surface area is 140 Å². The summed E-state index contributed by atoms with van der Waals surface area (Å²) in [5, 5.41) is 11.3. The molecule has 0 bridgehead atoms. The van der Waals surface area contributed by atoms with E-state index in [-0.39, 0.29) is 11.6 Å². The monoisotopic (exact) mass is 344 g/mol. The second-order valence-electron chi connectivity index (χ2n) is 5.67. The summed E-state index contributed by atoms with van der Waals surface area (Å²) in [7, 11) is 0. The highest BCUT2D eigenvalue weighted by Crippen LogP contribution is 2.38. The Kier molecular flexibility index (Phi) is 3.45. The van der Waals surface area contributed by atoms with E-state index in [1.54, 1.807) is 26.0 Å². The fourth-order valence-electron chi connectivity index (χ4n) is 2.77. The minimum atomic E-state index is -0.280. The van der Waals surface area contributed by atoms with E-state index in [2.05, 4.69) is 20.5 Å². The third kappa shape index (κ3) is 2.32. The van der Waals surface area contributed by atoms with E-state index in [1.807, 2.05) is 0 Å². The van der Waals surface area contributed by atoms with E-state index < -0.39 is 0 Å². The molecule has 2 N–H and O–H groups in total. The van der Waals surface area contributed by atoms with Crippen LogP contribution >= 0.6 is 11.3 Å². The summed E-state index contributed by atoms with van der Waals surface area (Å²) >= 11 is 1.48. The highest BCUT2D eigenvalue weighted by Gasteiger charge is 2.18. The van der Waals surface area contributed by atoms with E-state index in [1.165, 1.54) is 23.5 Å². The lowest BCUT2D eigenvalue weighted by Gasteiger charge is -2.03. The molecule has 1 aromatic carbocycles. The number of pyridine rings is 1. The number of aromatic amines is 1. The Hall–Kier alpha value is -2.54. The van der Waals surface area contributed by atoms with Gasteiger partial charge in [-0.3, -0.25) is 5.10 Å². The zero-order valence-corrected chi connectivity index (χ0v) is 13.9. The molecule has 0 saturated carbocycles. The Morgan fingerprint density at radius 2 is 1.92 bits per heavy atom. The van der Waals surface area contributed by atoms with Crippen LogP contribution in [0.2, 0.25) is 0 Å². The van der Waals surface area contributed by atoms with Gasteiger partial charge in [0.05, 0.1) is 15.9 Å². The van der Waals surface area contributed by atoms with Gasteiger partial charge in [0.25, 0.3) is 0 Å². The molecular weight excluding hydrogens is 330 g/mol. The van der Waals surface area contributed by atoms with E-state index >= 15 is 0 Å². The molecule has 0 amide bonds. The summed E-state index contributed by atoms with van der Waals surface area (Å²) in [5.74, 6) is 0.150. The van der Waals surface area contributed by atoms with Gasteiger partial charge in [0, 0.05) is 11.9 Å². The number of hydrogen-bond acceptors (Lipinski definition) is 4. The number of hydrogen-bond donors (Lipinski definition) is 2. The minimum absolute atomic E-state index is 0.260. The van der Waals surface area contributed by atoms with Gasteiger partial charge in [-0.05, 0) is 37.1 Å². The maximum atomic E-state index is 14.1. The topological polar surface area (TPSA) is 53.6 Å². The van der Waals surface area contributed by atoms with Crippen LogP contribution in [0.1, 0.15) is 16.8 Å². The molecule has 4 rings (SSSR count). The average molecular weight is 344 g/mol. The predicted molar refractivity (Wildman–Crippen MR) is 92.4 cm³/mol. The molecule has 24 heavy (non-hydrogen) atoms. The van der Waals surface area contributed by atoms with E-state index in [0.29, 0.717) is 23.6 Å². The molecule has 3 aromatic heterocycles. The molecule has 0 aliphatic rings. The molecule has 0 spiro atoms. The molecule has 0 saturated heterocycles. The zero-order valence-electron chi connectivity index (χ0n) is 13.1. The molecule has 3 heterocycles. The summed E-state index contributed by atoms with van der Waals surface area (Å²) < 4.78 is 28.0. The van der Waals surface area contributed by atoms with Gasteiger partial charge >= 0.3 is 0 Å². The van der Waals surface area contributed by atoms with Crippen molar-refractivity contribution in [2.24, 2.45) is 0 Å². The molecule has 7 heteroatoms. The summed E-state index contributed by atoms with van der Waals surface area (Å²) in [6.45, 7) is 3.95. The van der Waals surface area contributed by atoms with Crippen molar-refractivity contribution < 1.29 is 8.78 Å². The van der Waals surface area contributed by atoms with Crippen LogP contribution in [0.5, 0.6) is 0 Å². The Bertz CT molecular complexity index is 1050. The molecule has 4 aromatic rings. The number of thiophene rings is 1. The first kappa shape index (κ1) is 15.0. The highest BCUT2D eigenvalue weighted by atomic mass is 32.1. The third-order valence-electron chi connectivity index (χ3n) is 4.05. The summed E-state index contributed by atoms with van der Waals surface area (Å²) in [4.78, 5) is 5.13. The summed E-state index contributed by atoms with van der Waals surface area (Å²) in [6, 6.07) is 6.30. The molecule has 0 radical (unpaired) electrons. The van der Waals surface area contributed by atoms with Crippen LogP contribution in [0, 0.1) is 25.5 Å². The Balaban J connectivity index is 1.73. The molecule has 0 aliphatic carbocycles. The standard InChI is InChI=1S/C17H14F2N4S/c1-8-12-14-15(24-17(12)21-9(2)13(8)19)16(23-22-14)20-7-10-3-5-11(18)6-4-10/h3-6H,7H2,1-2H3,(H2,20,22,23). The molecule has 0 atom stereocenters. The number of benzene rings is 1. The molecule has 122 valence electrons. The minimum Gasteiger partial charge on any atom is -0.363 e. The van der Waals surface area contributed by atoms with Crippen molar-refractivity contribution in [2.45, 2.75) is 20.4 Å². The van der Waals surface area contributed by atoms with Gasteiger partial charge in [-0.2, -0.15) is 5.10 Å².